The van der Waals surface area contributed by atoms with Gasteiger partial charge < -0.3 is 4.90 Å². The fourth-order valence-corrected chi connectivity index (χ4v) is 2.23. The van der Waals surface area contributed by atoms with Crippen molar-refractivity contribution in [2.75, 3.05) is 18.0 Å². The minimum atomic E-state index is 1.01. The van der Waals surface area contributed by atoms with Crippen LogP contribution in [0.25, 0.3) is 0 Å². The van der Waals surface area contributed by atoms with E-state index in [1.807, 2.05) is 6.20 Å². The zero-order chi connectivity index (χ0) is 13.5. The van der Waals surface area contributed by atoms with Crippen molar-refractivity contribution in [1.82, 2.24) is 4.98 Å². The van der Waals surface area contributed by atoms with Gasteiger partial charge in [0.25, 0.3) is 0 Å². The van der Waals surface area contributed by atoms with Crippen LogP contribution in [-0.4, -0.2) is 18.1 Å². The molecule has 1 aromatic heterocycles. The third-order valence-corrected chi connectivity index (χ3v) is 3.44. The summed E-state index contributed by atoms with van der Waals surface area (Å²) in [6, 6.07) is 14.9. The van der Waals surface area contributed by atoms with Gasteiger partial charge in [-0.25, -0.2) is 4.98 Å². The second-order valence-corrected chi connectivity index (χ2v) is 4.68. The average molecular weight is 254 g/mol. The quantitative estimate of drug-likeness (QED) is 0.781. The van der Waals surface area contributed by atoms with Crippen LogP contribution in [0.15, 0.2) is 48.7 Å². The Morgan fingerprint density at radius 2 is 1.53 bits per heavy atom. The lowest BCUT2D eigenvalue weighted by Gasteiger charge is -2.19. The van der Waals surface area contributed by atoms with Gasteiger partial charge in [-0.05, 0) is 43.9 Å². The van der Waals surface area contributed by atoms with Crippen molar-refractivity contribution < 1.29 is 0 Å². The molecule has 0 spiro atoms. The molecule has 0 N–H and O–H groups in total. The number of anilines is 1. The van der Waals surface area contributed by atoms with Crippen LogP contribution in [0.5, 0.6) is 0 Å². The molecule has 0 saturated heterocycles. The molecule has 2 nitrogen and oxygen atoms in total. The highest BCUT2D eigenvalue weighted by Crippen LogP contribution is 2.12. The Morgan fingerprint density at radius 3 is 2.11 bits per heavy atom. The molecule has 1 heterocycles. The summed E-state index contributed by atoms with van der Waals surface area (Å²) >= 11 is 0. The highest BCUT2D eigenvalue weighted by Gasteiger charge is 2.03. The fourth-order valence-electron chi connectivity index (χ4n) is 2.23. The van der Waals surface area contributed by atoms with E-state index in [1.165, 1.54) is 11.1 Å². The molecule has 100 valence electrons. The lowest BCUT2D eigenvalue weighted by molar-refractivity contribution is 0.842. The van der Waals surface area contributed by atoms with Gasteiger partial charge in [-0.15, -0.1) is 0 Å². The highest BCUT2D eigenvalue weighted by atomic mass is 15.2. The average Bonchev–Trinajstić information content (AvgIpc) is 2.49. The van der Waals surface area contributed by atoms with E-state index in [2.05, 4.69) is 66.2 Å². The SMILES string of the molecule is CCN(CC)c1ccc(CCc2ccccc2)cn1. The summed E-state index contributed by atoms with van der Waals surface area (Å²) in [4.78, 5) is 6.82. The molecule has 0 radical (unpaired) electrons. The molecule has 0 aliphatic heterocycles. The Kier molecular flexibility index (Phi) is 4.96. The van der Waals surface area contributed by atoms with Crippen LogP contribution >= 0.6 is 0 Å². The summed E-state index contributed by atoms with van der Waals surface area (Å²) in [7, 11) is 0. The van der Waals surface area contributed by atoms with Crippen LogP contribution in [0.4, 0.5) is 5.82 Å². The van der Waals surface area contributed by atoms with Crippen molar-refractivity contribution in [3.8, 4) is 0 Å². The first-order valence-electron chi connectivity index (χ1n) is 7.07. The van der Waals surface area contributed by atoms with Gasteiger partial charge in [0.05, 0.1) is 0 Å². The number of hydrogen-bond donors (Lipinski definition) is 0. The maximum Gasteiger partial charge on any atom is 0.128 e. The van der Waals surface area contributed by atoms with E-state index in [0.717, 1.165) is 31.7 Å². The third-order valence-electron chi connectivity index (χ3n) is 3.44. The number of aromatic nitrogens is 1. The highest BCUT2D eigenvalue weighted by molar-refractivity contribution is 5.39. The summed E-state index contributed by atoms with van der Waals surface area (Å²) in [5.41, 5.74) is 2.69. The predicted octanol–water partition coefficient (Wildman–Crippen LogP) is 3.71. The zero-order valence-electron chi connectivity index (χ0n) is 11.8. The molecule has 2 heteroatoms. The molecule has 0 amide bonds. The van der Waals surface area contributed by atoms with Crippen LogP contribution in [0, 0.1) is 0 Å². The maximum atomic E-state index is 4.56. The molecule has 0 aliphatic rings. The number of rotatable bonds is 6. The summed E-state index contributed by atoms with van der Waals surface area (Å²) in [5, 5.41) is 0. The van der Waals surface area contributed by atoms with Gasteiger partial charge in [0.2, 0.25) is 0 Å². The van der Waals surface area contributed by atoms with Gasteiger partial charge in [0, 0.05) is 19.3 Å². The largest absolute Gasteiger partial charge is 0.357 e. The first-order valence-corrected chi connectivity index (χ1v) is 7.07. The Bertz CT molecular complexity index is 472. The van der Waals surface area contributed by atoms with Crippen LogP contribution in [0.1, 0.15) is 25.0 Å². The zero-order valence-corrected chi connectivity index (χ0v) is 11.8. The Balaban J connectivity index is 1.95. The van der Waals surface area contributed by atoms with Gasteiger partial charge in [0.15, 0.2) is 0 Å². The van der Waals surface area contributed by atoms with Gasteiger partial charge in [-0.3, -0.25) is 0 Å². The smallest absolute Gasteiger partial charge is 0.128 e. The van der Waals surface area contributed by atoms with E-state index in [1.54, 1.807) is 0 Å². The first kappa shape index (κ1) is 13.6. The minimum Gasteiger partial charge on any atom is -0.357 e. The van der Waals surface area contributed by atoms with Gasteiger partial charge in [-0.1, -0.05) is 36.4 Å². The van der Waals surface area contributed by atoms with E-state index >= 15 is 0 Å². The maximum absolute atomic E-state index is 4.56. The third kappa shape index (κ3) is 3.82. The van der Waals surface area contributed by atoms with Gasteiger partial charge in [-0.2, -0.15) is 0 Å². The molecule has 19 heavy (non-hydrogen) atoms. The van der Waals surface area contributed by atoms with Crippen molar-refractivity contribution in [3.05, 3.63) is 59.8 Å². The molecule has 0 fully saturated rings. The molecule has 1 aromatic carbocycles. The lowest BCUT2D eigenvalue weighted by Crippen LogP contribution is -2.22. The molecule has 0 aliphatic carbocycles. The molecule has 0 saturated carbocycles. The molecular weight excluding hydrogens is 232 g/mol. The van der Waals surface area contributed by atoms with Crippen molar-refractivity contribution in [1.29, 1.82) is 0 Å². The van der Waals surface area contributed by atoms with Crippen LogP contribution < -0.4 is 4.90 Å². The topological polar surface area (TPSA) is 16.1 Å². The van der Waals surface area contributed by atoms with E-state index < -0.39 is 0 Å². The molecule has 2 rings (SSSR count). The van der Waals surface area contributed by atoms with Gasteiger partial charge >= 0.3 is 0 Å². The first-order chi connectivity index (χ1) is 9.33. The van der Waals surface area contributed by atoms with E-state index in [4.69, 9.17) is 0 Å². The van der Waals surface area contributed by atoms with Crippen LogP contribution in [0.3, 0.4) is 0 Å². The molecule has 2 aromatic rings. The molecule has 0 atom stereocenters. The monoisotopic (exact) mass is 254 g/mol. The Labute approximate surface area is 116 Å². The van der Waals surface area contributed by atoms with E-state index in [-0.39, 0.29) is 0 Å². The number of benzene rings is 1. The standard InChI is InChI=1S/C17H22N2/c1-3-19(4-2)17-13-12-16(14-18-17)11-10-15-8-6-5-7-9-15/h5-9,12-14H,3-4,10-11H2,1-2H3. The van der Waals surface area contributed by atoms with Crippen LogP contribution in [0.2, 0.25) is 0 Å². The summed E-state index contributed by atoms with van der Waals surface area (Å²) in [6.45, 7) is 6.34. The fraction of sp³-hybridized carbons (Fsp3) is 0.353. The van der Waals surface area contributed by atoms with Crippen molar-refractivity contribution in [2.24, 2.45) is 0 Å². The van der Waals surface area contributed by atoms with Gasteiger partial charge in [0.1, 0.15) is 5.82 Å². The second-order valence-electron chi connectivity index (χ2n) is 4.68. The lowest BCUT2D eigenvalue weighted by atomic mass is 10.1. The number of aryl methyl sites for hydroxylation is 2. The molecule has 0 unspecified atom stereocenters. The number of pyridine rings is 1. The second kappa shape index (κ2) is 6.93. The molecule has 0 bridgehead atoms. The summed E-state index contributed by atoms with van der Waals surface area (Å²) in [5.74, 6) is 1.08. The minimum absolute atomic E-state index is 1.01. The summed E-state index contributed by atoms with van der Waals surface area (Å²) in [6.07, 6.45) is 4.14. The number of nitrogens with zero attached hydrogens (tertiary/aromatic N) is 2. The van der Waals surface area contributed by atoms with Crippen LogP contribution in [-0.2, 0) is 12.8 Å². The Hall–Kier alpha value is -1.83. The van der Waals surface area contributed by atoms with E-state index in [9.17, 15) is 0 Å². The normalized spacial score (nSPS) is 10.4. The van der Waals surface area contributed by atoms with E-state index in [0.29, 0.717) is 0 Å². The number of hydrogen-bond acceptors (Lipinski definition) is 2. The van der Waals surface area contributed by atoms with Crippen molar-refractivity contribution >= 4 is 5.82 Å². The summed E-state index contributed by atoms with van der Waals surface area (Å²) < 4.78 is 0. The Morgan fingerprint density at radius 1 is 0.842 bits per heavy atom. The van der Waals surface area contributed by atoms with Crippen molar-refractivity contribution in [2.45, 2.75) is 26.7 Å². The molecular formula is C17H22N2. The predicted molar refractivity (Wildman–Crippen MR) is 81.6 cm³/mol. The van der Waals surface area contributed by atoms with Crippen molar-refractivity contribution in [3.63, 3.8) is 0 Å².